The molecular formula is C17H28N2. The Morgan fingerprint density at radius 3 is 2.63 bits per heavy atom. The summed E-state index contributed by atoms with van der Waals surface area (Å²) >= 11 is 0. The molecule has 0 bridgehead atoms. The molecule has 2 atom stereocenters. The van der Waals surface area contributed by atoms with Crippen LogP contribution in [0.1, 0.15) is 50.8 Å². The predicted molar refractivity (Wildman–Crippen MR) is 82.5 cm³/mol. The maximum absolute atomic E-state index is 3.77. The first-order valence-electron chi connectivity index (χ1n) is 7.87. The average molecular weight is 260 g/mol. The van der Waals surface area contributed by atoms with Crippen LogP contribution in [0.3, 0.4) is 0 Å². The Hall–Kier alpha value is -0.860. The number of nitrogens with zero attached hydrogens (tertiary/aromatic N) is 1. The molecule has 106 valence electrons. The third-order valence-electron chi connectivity index (χ3n) is 4.20. The number of hydrogen-bond donors (Lipinski definition) is 1. The van der Waals surface area contributed by atoms with Gasteiger partial charge in [0.1, 0.15) is 0 Å². The van der Waals surface area contributed by atoms with Gasteiger partial charge in [-0.15, -0.1) is 0 Å². The fourth-order valence-corrected chi connectivity index (χ4v) is 3.31. The van der Waals surface area contributed by atoms with Crippen molar-refractivity contribution in [2.45, 2.75) is 52.1 Å². The van der Waals surface area contributed by atoms with Crippen molar-refractivity contribution in [1.29, 1.82) is 0 Å². The number of fused-ring (bicyclic) bond motifs is 1. The van der Waals surface area contributed by atoms with Crippen molar-refractivity contribution in [2.75, 3.05) is 19.6 Å². The summed E-state index contributed by atoms with van der Waals surface area (Å²) in [5.74, 6) is 0. The Morgan fingerprint density at radius 2 is 1.95 bits per heavy atom. The van der Waals surface area contributed by atoms with E-state index in [1.807, 2.05) is 0 Å². The van der Waals surface area contributed by atoms with Crippen LogP contribution < -0.4 is 5.32 Å². The standard InChI is InChI=1S/C17H28N2/c1-4-11-18-17-15-10-8-7-9-14(15)13-16(17)19(6-3)12-5-2/h7-10,16-18H,4-6,11-13H2,1-3H3. The summed E-state index contributed by atoms with van der Waals surface area (Å²) in [6.45, 7) is 10.3. The summed E-state index contributed by atoms with van der Waals surface area (Å²) in [6.07, 6.45) is 3.64. The predicted octanol–water partition coefficient (Wildman–Crippen LogP) is 3.38. The largest absolute Gasteiger partial charge is 0.309 e. The van der Waals surface area contributed by atoms with Crippen LogP contribution in [0.2, 0.25) is 0 Å². The summed E-state index contributed by atoms with van der Waals surface area (Å²) in [6, 6.07) is 10.1. The summed E-state index contributed by atoms with van der Waals surface area (Å²) in [5.41, 5.74) is 3.06. The zero-order chi connectivity index (χ0) is 13.7. The van der Waals surface area contributed by atoms with Crippen LogP contribution >= 0.6 is 0 Å². The van der Waals surface area contributed by atoms with Crippen molar-refractivity contribution >= 4 is 0 Å². The molecule has 1 N–H and O–H groups in total. The second-order valence-corrected chi connectivity index (χ2v) is 5.53. The molecule has 2 rings (SSSR count). The van der Waals surface area contributed by atoms with Gasteiger partial charge in [0.2, 0.25) is 0 Å². The Labute approximate surface area is 118 Å². The lowest BCUT2D eigenvalue weighted by Gasteiger charge is -2.32. The van der Waals surface area contributed by atoms with Crippen molar-refractivity contribution in [3.8, 4) is 0 Å². The van der Waals surface area contributed by atoms with Crippen molar-refractivity contribution in [3.63, 3.8) is 0 Å². The van der Waals surface area contributed by atoms with Crippen LogP contribution in [0.4, 0.5) is 0 Å². The highest BCUT2D eigenvalue weighted by Crippen LogP contribution is 2.34. The van der Waals surface area contributed by atoms with Crippen LogP contribution in [-0.4, -0.2) is 30.6 Å². The van der Waals surface area contributed by atoms with Crippen LogP contribution in [0.15, 0.2) is 24.3 Å². The average Bonchev–Trinajstić information content (AvgIpc) is 2.81. The Bertz CT molecular complexity index is 389. The second-order valence-electron chi connectivity index (χ2n) is 5.53. The van der Waals surface area contributed by atoms with E-state index in [1.165, 1.54) is 36.9 Å². The second kappa shape index (κ2) is 7.06. The topological polar surface area (TPSA) is 15.3 Å². The van der Waals surface area contributed by atoms with Crippen molar-refractivity contribution in [2.24, 2.45) is 0 Å². The molecule has 1 aromatic carbocycles. The van der Waals surface area contributed by atoms with Crippen molar-refractivity contribution in [1.82, 2.24) is 10.2 Å². The van der Waals surface area contributed by atoms with Gasteiger partial charge in [-0.25, -0.2) is 0 Å². The van der Waals surface area contributed by atoms with Gasteiger partial charge in [0.25, 0.3) is 0 Å². The molecule has 1 aliphatic rings. The molecule has 19 heavy (non-hydrogen) atoms. The molecule has 0 aromatic heterocycles. The lowest BCUT2D eigenvalue weighted by Crippen LogP contribution is -2.43. The van der Waals surface area contributed by atoms with E-state index in [0.29, 0.717) is 12.1 Å². The first-order chi connectivity index (χ1) is 9.31. The van der Waals surface area contributed by atoms with E-state index in [0.717, 1.165) is 13.1 Å². The highest BCUT2D eigenvalue weighted by Gasteiger charge is 2.34. The molecule has 1 aromatic rings. The third-order valence-corrected chi connectivity index (χ3v) is 4.20. The fourth-order valence-electron chi connectivity index (χ4n) is 3.31. The van der Waals surface area contributed by atoms with Gasteiger partial charge in [0.15, 0.2) is 0 Å². The zero-order valence-corrected chi connectivity index (χ0v) is 12.7. The molecule has 0 spiro atoms. The van der Waals surface area contributed by atoms with E-state index < -0.39 is 0 Å². The highest BCUT2D eigenvalue weighted by molar-refractivity contribution is 5.37. The van der Waals surface area contributed by atoms with Gasteiger partial charge in [0, 0.05) is 12.1 Å². The molecule has 2 heteroatoms. The molecule has 0 heterocycles. The number of hydrogen-bond acceptors (Lipinski definition) is 2. The van der Waals surface area contributed by atoms with Gasteiger partial charge in [-0.2, -0.15) is 0 Å². The molecule has 1 aliphatic carbocycles. The molecule has 0 saturated heterocycles. The van der Waals surface area contributed by atoms with E-state index >= 15 is 0 Å². The maximum Gasteiger partial charge on any atom is 0.0484 e. The van der Waals surface area contributed by atoms with Crippen LogP contribution in [-0.2, 0) is 6.42 Å². The van der Waals surface area contributed by atoms with Crippen LogP contribution in [0, 0.1) is 0 Å². The van der Waals surface area contributed by atoms with E-state index in [-0.39, 0.29) is 0 Å². The molecule has 0 aliphatic heterocycles. The minimum Gasteiger partial charge on any atom is -0.309 e. The first-order valence-corrected chi connectivity index (χ1v) is 7.87. The lowest BCUT2D eigenvalue weighted by molar-refractivity contribution is 0.174. The lowest BCUT2D eigenvalue weighted by atomic mass is 10.1. The summed E-state index contributed by atoms with van der Waals surface area (Å²) in [7, 11) is 0. The van der Waals surface area contributed by atoms with Gasteiger partial charge >= 0.3 is 0 Å². The number of rotatable bonds is 7. The quantitative estimate of drug-likeness (QED) is 0.808. The van der Waals surface area contributed by atoms with E-state index in [4.69, 9.17) is 0 Å². The van der Waals surface area contributed by atoms with E-state index in [2.05, 4.69) is 55.3 Å². The molecule has 0 radical (unpaired) electrons. The minimum atomic E-state index is 0.516. The Kier molecular flexibility index (Phi) is 5.41. The summed E-state index contributed by atoms with van der Waals surface area (Å²) < 4.78 is 0. The number of benzene rings is 1. The van der Waals surface area contributed by atoms with E-state index in [9.17, 15) is 0 Å². The highest BCUT2D eigenvalue weighted by atomic mass is 15.2. The van der Waals surface area contributed by atoms with Crippen molar-refractivity contribution in [3.05, 3.63) is 35.4 Å². The molecule has 0 fully saturated rings. The maximum atomic E-state index is 3.77. The first kappa shape index (κ1) is 14.5. The Balaban J connectivity index is 2.19. The van der Waals surface area contributed by atoms with Crippen LogP contribution in [0.25, 0.3) is 0 Å². The van der Waals surface area contributed by atoms with Gasteiger partial charge < -0.3 is 5.32 Å². The SMILES string of the molecule is CCCNC1c2ccccc2CC1N(CC)CCC. The number of likely N-dealkylation sites (N-methyl/N-ethyl adjacent to an activating group) is 1. The molecule has 2 unspecified atom stereocenters. The van der Waals surface area contributed by atoms with Crippen LogP contribution in [0.5, 0.6) is 0 Å². The number of nitrogens with one attached hydrogen (secondary N) is 1. The summed E-state index contributed by atoms with van der Waals surface area (Å²) in [4.78, 5) is 2.65. The van der Waals surface area contributed by atoms with Gasteiger partial charge in [-0.05, 0) is 50.0 Å². The van der Waals surface area contributed by atoms with Crippen molar-refractivity contribution < 1.29 is 0 Å². The monoisotopic (exact) mass is 260 g/mol. The van der Waals surface area contributed by atoms with Gasteiger partial charge in [-0.3, -0.25) is 4.90 Å². The molecule has 0 amide bonds. The molecular weight excluding hydrogens is 232 g/mol. The minimum absolute atomic E-state index is 0.516. The fraction of sp³-hybridized carbons (Fsp3) is 0.647. The van der Waals surface area contributed by atoms with E-state index in [1.54, 1.807) is 0 Å². The third kappa shape index (κ3) is 3.18. The van der Waals surface area contributed by atoms with Gasteiger partial charge in [0.05, 0.1) is 0 Å². The molecule has 0 saturated carbocycles. The molecule has 2 nitrogen and oxygen atoms in total. The Morgan fingerprint density at radius 1 is 1.16 bits per heavy atom. The normalized spacial score (nSPS) is 21.9. The van der Waals surface area contributed by atoms with Gasteiger partial charge in [-0.1, -0.05) is 45.0 Å². The smallest absolute Gasteiger partial charge is 0.0484 e. The zero-order valence-electron chi connectivity index (χ0n) is 12.7. The summed E-state index contributed by atoms with van der Waals surface area (Å²) in [5, 5.41) is 3.77.